The first-order valence-electron chi connectivity index (χ1n) is 3.12. The van der Waals surface area contributed by atoms with Gasteiger partial charge in [0.2, 0.25) is 0 Å². The van der Waals surface area contributed by atoms with Gasteiger partial charge in [-0.25, -0.2) is 0 Å². The van der Waals surface area contributed by atoms with Gasteiger partial charge in [-0.05, 0) is 6.42 Å². The molecule has 0 unspecified atom stereocenters. The van der Waals surface area contributed by atoms with Crippen LogP contribution in [0.15, 0.2) is 0 Å². The van der Waals surface area contributed by atoms with Crippen LogP contribution >= 0.6 is 0 Å². The Labute approximate surface area is 59.4 Å². The minimum atomic E-state index is -1.69. The van der Waals surface area contributed by atoms with Gasteiger partial charge in [-0.2, -0.15) is 0 Å². The molecule has 0 aromatic carbocycles. The number of carbonyl (C=O) groups is 1. The topological polar surface area (TPSA) is 66.8 Å². The van der Waals surface area contributed by atoms with Crippen LogP contribution in [0.3, 0.4) is 0 Å². The summed E-state index contributed by atoms with van der Waals surface area (Å²) in [6.07, 6.45) is 0.289. The molecule has 10 heavy (non-hydrogen) atoms. The monoisotopic (exact) mass is 148 g/mol. The zero-order chi connectivity index (χ0) is 8.04. The molecule has 0 aromatic heterocycles. The normalized spacial score (nSPS) is 11.1. The van der Waals surface area contributed by atoms with E-state index in [0.717, 1.165) is 0 Å². The van der Waals surface area contributed by atoms with E-state index in [1.54, 1.807) is 6.92 Å². The Bertz CT molecular complexity index is 99.9. The Kier molecular flexibility index (Phi) is 3.99. The van der Waals surface area contributed by atoms with Crippen LogP contribution in [0.2, 0.25) is 0 Å². The molecule has 4 nitrogen and oxygen atoms in total. The fourth-order valence-corrected chi connectivity index (χ4v) is 0.447. The van der Waals surface area contributed by atoms with E-state index < -0.39 is 5.79 Å². The maximum atomic E-state index is 9.59. The van der Waals surface area contributed by atoms with Gasteiger partial charge >= 0.3 is 0 Å². The molecule has 0 saturated carbocycles. The van der Waals surface area contributed by atoms with Gasteiger partial charge in [-0.1, -0.05) is 6.92 Å². The summed E-state index contributed by atoms with van der Waals surface area (Å²) in [5.74, 6) is -1.69. The highest BCUT2D eigenvalue weighted by atomic mass is 16.5. The highest BCUT2D eigenvalue weighted by Crippen LogP contribution is 2.09. The van der Waals surface area contributed by atoms with Crippen LogP contribution in [0.1, 0.15) is 19.8 Å². The molecule has 0 aliphatic rings. The molecule has 60 valence electrons. The van der Waals surface area contributed by atoms with Crippen molar-refractivity contribution >= 4 is 6.47 Å². The maximum absolute atomic E-state index is 9.59. The predicted molar refractivity (Wildman–Crippen MR) is 34.1 cm³/mol. The van der Waals surface area contributed by atoms with E-state index in [1.807, 2.05) is 0 Å². The first kappa shape index (κ1) is 9.39. The minimum Gasteiger partial charge on any atom is -0.468 e. The molecule has 0 heterocycles. The van der Waals surface area contributed by atoms with Crippen molar-refractivity contribution < 1.29 is 19.7 Å². The summed E-state index contributed by atoms with van der Waals surface area (Å²) >= 11 is 0. The van der Waals surface area contributed by atoms with E-state index in [4.69, 9.17) is 10.2 Å². The van der Waals surface area contributed by atoms with Gasteiger partial charge in [0, 0.05) is 6.42 Å². The predicted octanol–water partition coefficient (Wildman–Crippen LogP) is -0.360. The first-order valence-corrected chi connectivity index (χ1v) is 3.12. The number of aliphatic hydroxyl groups is 2. The van der Waals surface area contributed by atoms with Crippen molar-refractivity contribution in [3.05, 3.63) is 0 Å². The zero-order valence-electron chi connectivity index (χ0n) is 5.91. The smallest absolute Gasteiger partial charge is 0.293 e. The van der Waals surface area contributed by atoms with Crippen LogP contribution in [0, 0.1) is 0 Å². The van der Waals surface area contributed by atoms with Crippen molar-refractivity contribution in [3.63, 3.8) is 0 Å². The summed E-state index contributed by atoms with van der Waals surface area (Å²) in [5.41, 5.74) is 0. The molecular weight excluding hydrogens is 136 g/mol. The van der Waals surface area contributed by atoms with Crippen molar-refractivity contribution in [2.24, 2.45) is 0 Å². The Morgan fingerprint density at radius 3 is 2.60 bits per heavy atom. The Hall–Kier alpha value is -0.610. The van der Waals surface area contributed by atoms with Gasteiger partial charge in [-0.15, -0.1) is 0 Å². The third-order valence-electron chi connectivity index (χ3n) is 1.25. The molecule has 0 saturated heterocycles. The van der Waals surface area contributed by atoms with E-state index in [1.165, 1.54) is 0 Å². The molecule has 0 radical (unpaired) electrons. The molecule has 0 rings (SSSR count). The Morgan fingerprint density at radius 1 is 1.60 bits per heavy atom. The van der Waals surface area contributed by atoms with Crippen molar-refractivity contribution in [2.75, 3.05) is 6.61 Å². The average Bonchev–Trinajstić information content (AvgIpc) is 1.89. The summed E-state index contributed by atoms with van der Waals surface area (Å²) in [4.78, 5) is 9.59. The summed E-state index contributed by atoms with van der Waals surface area (Å²) in [5, 5.41) is 17.8. The first-order chi connectivity index (χ1) is 4.62. The fourth-order valence-electron chi connectivity index (χ4n) is 0.447. The average molecular weight is 148 g/mol. The molecule has 0 atom stereocenters. The second kappa shape index (κ2) is 4.24. The SMILES string of the molecule is CCC(O)(O)CCOC=O. The molecule has 0 fully saturated rings. The van der Waals surface area contributed by atoms with Crippen LogP contribution < -0.4 is 0 Å². The highest BCUT2D eigenvalue weighted by Gasteiger charge is 2.19. The van der Waals surface area contributed by atoms with Crippen LogP contribution in [0.25, 0.3) is 0 Å². The Morgan fingerprint density at radius 2 is 2.20 bits per heavy atom. The van der Waals surface area contributed by atoms with Crippen molar-refractivity contribution in [1.82, 2.24) is 0 Å². The molecule has 0 amide bonds. The lowest BCUT2D eigenvalue weighted by molar-refractivity contribution is -0.175. The minimum absolute atomic E-state index is 0.0460. The fraction of sp³-hybridized carbons (Fsp3) is 0.833. The Balaban J connectivity index is 3.36. The van der Waals surface area contributed by atoms with Crippen LogP contribution in [-0.4, -0.2) is 29.1 Å². The summed E-state index contributed by atoms with van der Waals surface area (Å²) in [7, 11) is 0. The standard InChI is InChI=1S/C6H12O4/c1-2-6(8,9)3-4-10-5-7/h5,8-9H,2-4H2,1H3. The van der Waals surface area contributed by atoms with Crippen molar-refractivity contribution in [2.45, 2.75) is 25.6 Å². The van der Waals surface area contributed by atoms with Crippen molar-refractivity contribution in [3.8, 4) is 0 Å². The number of hydrogen-bond acceptors (Lipinski definition) is 4. The molecule has 0 bridgehead atoms. The van der Waals surface area contributed by atoms with Gasteiger partial charge in [0.25, 0.3) is 6.47 Å². The molecule has 0 aromatic rings. The van der Waals surface area contributed by atoms with E-state index >= 15 is 0 Å². The van der Waals surface area contributed by atoms with Gasteiger partial charge in [0.1, 0.15) is 0 Å². The second-order valence-corrected chi connectivity index (χ2v) is 2.05. The quantitative estimate of drug-likeness (QED) is 0.317. The van der Waals surface area contributed by atoms with Gasteiger partial charge in [0.05, 0.1) is 6.61 Å². The number of rotatable bonds is 5. The molecule has 2 N–H and O–H groups in total. The highest BCUT2D eigenvalue weighted by molar-refractivity contribution is 5.36. The lowest BCUT2D eigenvalue weighted by Crippen LogP contribution is -2.28. The summed E-state index contributed by atoms with van der Waals surface area (Å²) < 4.78 is 4.27. The third-order valence-corrected chi connectivity index (χ3v) is 1.25. The van der Waals surface area contributed by atoms with E-state index in [2.05, 4.69) is 4.74 Å². The maximum Gasteiger partial charge on any atom is 0.293 e. The van der Waals surface area contributed by atoms with E-state index in [9.17, 15) is 4.79 Å². The zero-order valence-corrected chi connectivity index (χ0v) is 5.91. The van der Waals surface area contributed by atoms with Gasteiger partial charge < -0.3 is 14.9 Å². The summed E-state index contributed by atoms with van der Waals surface area (Å²) in [6, 6.07) is 0. The largest absolute Gasteiger partial charge is 0.468 e. The van der Waals surface area contributed by atoms with Crippen LogP contribution in [-0.2, 0) is 9.53 Å². The molecule has 4 heteroatoms. The molecule has 0 aliphatic carbocycles. The van der Waals surface area contributed by atoms with E-state index in [-0.39, 0.29) is 25.9 Å². The number of hydrogen-bond donors (Lipinski definition) is 2. The number of carbonyl (C=O) groups excluding carboxylic acids is 1. The summed E-state index contributed by atoms with van der Waals surface area (Å²) in [6.45, 7) is 1.97. The molecular formula is C6H12O4. The lowest BCUT2D eigenvalue weighted by atomic mass is 10.1. The van der Waals surface area contributed by atoms with Crippen molar-refractivity contribution in [1.29, 1.82) is 0 Å². The van der Waals surface area contributed by atoms with Gasteiger partial charge in [-0.3, -0.25) is 4.79 Å². The second-order valence-electron chi connectivity index (χ2n) is 2.05. The molecule has 0 aliphatic heterocycles. The van der Waals surface area contributed by atoms with Gasteiger partial charge in [0.15, 0.2) is 5.79 Å². The number of ether oxygens (including phenoxy) is 1. The van der Waals surface area contributed by atoms with E-state index in [0.29, 0.717) is 0 Å². The third kappa shape index (κ3) is 4.29. The van der Waals surface area contributed by atoms with Crippen LogP contribution in [0.4, 0.5) is 0 Å². The molecule has 0 spiro atoms. The lowest BCUT2D eigenvalue weighted by Gasteiger charge is -2.18. The van der Waals surface area contributed by atoms with Crippen LogP contribution in [0.5, 0.6) is 0 Å².